The lowest BCUT2D eigenvalue weighted by atomic mass is 10.1. The lowest BCUT2D eigenvalue weighted by molar-refractivity contribution is 0.281. The average Bonchev–Trinajstić information content (AvgIpc) is 3.50. The van der Waals surface area contributed by atoms with E-state index in [0.717, 1.165) is 24.0 Å². The second-order valence-electron chi connectivity index (χ2n) is 8.55. The van der Waals surface area contributed by atoms with Gasteiger partial charge in [0.1, 0.15) is 11.8 Å². The summed E-state index contributed by atoms with van der Waals surface area (Å²) < 4.78 is 24.8. The number of nitriles is 1. The standard InChI is InChI=1S/C30H27N5O4/c1-36-26-7-3-4-8-27(26)39-23-11-9-22(10-12-23)34-30-21(19-31)20-32-25-18-29(28(37-2)17-24(25)30)38-16-6-15-35-14-5-13-33-35/h3-5,7-14,17-18,20H,6,15-16H2,1-2H3,(H,32,34). The van der Waals surface area contributed by atoms with Crippen LogP contribution in [0.5, 0.6) is 28.7 Å². The molecule has 1 N–H and O–H groups in total. The van der Waals surface area contributed by atoms with Gasteiger partial charge in [0, 0.05) is 48.7 Å². The third kappa shape index (κ3) is 5.86. The molecule has 9 nitrogen and oxygen atoms in total. The molecule has 0 saturated heterocycles. The first-order valence-electron chi connectivity index (χ1n) is 12.4. The Hall–Kier alpha value is -5.23. The Bertz CT molecular complexity index is 1600. The van der Waals surface area contributed by atoms with E-state index in [1.54, 1.807) is 26.6 Å². The quantitative estimate of drug-likeness (QED) is 0.201. The number of benzene rings is 3. The van der Waals surface area contributed by atoms with E-state index in [0.29, 0.717) is 52.1 Å². The van der Waals surface area contributed by atoms with Crippen molar-refractivity contribution in [1.29, 1.82) is 5.26 Å². The van der Waals surface area contributed by atoms with Gasteiger partial charge in [0.05, 0.1) is 37.6 Å². The summed E-state index contributed by atoms with van der Waals surface area (Å²) in [7, 11) is 3.20. The number of para-hydroxylation sites is 2. The number of nitrogens with zero attached hydrogens (tertiary/aromatic N) is 4. The molecular formula is C30H27N5O4. The summed E-state index contributed by atoms with van der Waals surface area (Å²) in [4.78, 5) is 4.49. The molecule has 3 aromatic carbocycles. The lowest BCUT2D eigenvalue weighted by Gasteiger charge is -2.16. The monoisotopic (exact) mass is 521 g/mol. The molecule has 5 rings (SSSR count). The molecule has 196 valence electrons. The van der Waals surface area contributed by atoms with E-state index < -0.39 is 0 Å². The van der Waals surface area contributed by atoms with Crippen LogP contribution in [0.3, 0.4) is 0 Å². The van der Waals surface area contributed by atoms with Crippen LogP contribution in [-0.2, 0) is 6.54 Å². The SMILES string of the molecule is COc1cc2c(Nc3ccc(Oc4ccccc4OC)cc3)c(C#N)cnc2cc1OCCCn1cccn1. The van der Waals surface area contributed by atoms with Crippen LogP contribution in [0.15, 0.2) is 85.3 Å². The molecule has 0 radical (unpaired) electrons. The number of ether oxygens (including phenoxy) is 4. The number of hydrogen-bond donors (Lipinski definition) is 1. The van der Waals surface area contributed by atoms with E-state index in [1.165, 1.54) is 0 Å². The number of fused-ring (bicyclic) bond motifs is 1. The minimum Gasteiger partial charge on any atom is -0.493 e. The first kappa shape index (κ1) is 25.4. The highest BCUT2D eigenvalue weighted by Gasteiger charge is 2.15. The third-order valence-electron chi connectivity index (χ3n) is 6.04. The lowest BCUT2D eigenvalue weighted by Crippen LogP contribution is -2.06. The molecule has 2 heterocycles. The van der Waals surface area contributed by atoms with Crippen LogP contribution in [0, 0.1) is 11.3 Å². The summed E-state index contributed by atoms with van der Waals surface area (Å²) in [5.41, 5.74) is 2.50. The molecule has 0 aliphatic heterocycles. The summed E-state index contributed by atoms with van der Waals surface area (Å²) in [5, 5.41) is 18.1. The topological polar surface area (TPSA) is 103 Å². The fourth-order valence-electron chi connectivity index (χ4n) is 4.11. The zero-order valence-corrected chi connectivity index (χ0v) is 21.6. The highest BCUT2D eigenvalue weighted by atomic mass is 16.5. The maximum absolute atomic E-state index is 9.79. The van der Waals surface area contributed by atoms with Crippen molar-refractivity contribution in [3.8, 4) is 34.8 Å². The number of nitrogens with one attached hydrogen (secondary N) is 1. The Morgan fingerprint density at radius 2 is 1.72 bits per heavy atom. The number of anilines is 2. The van der Waals surface area contributed by atoms with E-state index in [1.807, 2.05) is 77.6 Å². The summed E-state index contributed by atoms with van der Waals surface area (Å²) in [6.07, 6.45) is 6.01. The molecule has 0 bridgehead atoms. The van der Waals surface area contributed by atoms with Crippen molar-refractivity contribution >= 4 is 22.3 Å². The van der Waals surface area contributed by atoms with E-state index >= 15 is 0 Å². The highest BCUT2D eigenvalue weighted by molar-refractivity contribution is 5.97. The largest absolute Gasteiger partial charge is 0.493 e. The van der Waals surface area contributed by atoms with Crippen LogP contribution in [-0.4, -0.2) is 35.6 Å². The first-order chi connectivity index (χ1) is 19.2. The van der Waals surface area contributed by atoms with E-state index in [9.17, 15) is 5.26 Å². The summed E-state index contributed by atoms with van der Waals surface area (Å²) in [5.74, 6) is 3.07. The maximum Gasteiger partial charge on any atom is 0.169 e. The van der Waals surface area contributed by atoms with Crippen LogP contribution in [0.2, 0.25) is 0 Å². The summed E-state index contributed by atoms with van der Waals surface area (Å²) in [6.45, 7) is 1.25. The van der Waals surface area contributed by atoms with Crippen molar-refractivity contribution in [2.45, 2.75) is 13.0 Å². The molecule has 0 amide bonds. The van der Waals surface area contributed by atoms with Gasteiger partial charge in [-0.05, 0) is 48.5 Å². The molecule has 0 aliphatic rings. The van der Waals surface area contributed by atoms with Gasteiger partial charge >= 0.3 is 0 Å². The predicted octanol–water partition coefficient (Wildman–Crippen LogP) is 6.33. The van der Waals surface area contributed by atoms with Gasteiger partial charge in [-0.1, -0.05) is 12.1 Å². The predicted molar refractivity (Wildman–Crippen MR) is 148 cm³/mol. The number of aromatic nitrogens is 3. The van der Waals surface area contributed by atoms with Gasteiger partial charge in [0.2, 0.25) is 0 Å². The Balaban J connectivity index is 1.36. The fourth-order valence-corrected chi connectivity index (χ4v) is 4.11. The maximum atomic E-state index is 9.79. The zero-order chi connectivity index (χ0) is 27.0. The summed E-state index contributed by atoms with van der Waals surface area (Å²) >= 11 is 0. The van der Waals surface area contributed by atoms with Crippen molar-refractivity contribution in [2.75, 3.05) is 26.1 Å². The normalized spacial score (nSPS) is 10.6. The van der Waals surface area contributed by atoms with E-state index in [2.05, 4.69) is 21.5 Å². The van der Waals surface area contributed by atoms with Crippen LogP contribution >= 0.6 is 0 Å². The van der Waals surface area contributed by atoms with Crippen molar-refractivity contribution in [3.63, 3.8) is 0 Å². The molecule has 0 fully saturated rings. The van der Waals surface area contributed by atoms with Crippen LogP contribution in [0.1, 0.15) is 12.0 Å². The van der Waals surface area contributed by atoms with Gasteiger partial charge in [-0.25, -0.2) is 0 Å². The van der Waals surface area contributed by atoms with E-state index in [4.69, 9.17) is 18.9 Å². The second-order valence-corrected chi connectivity index (χ2v) is 8.55. The Kier molecular flexibility index (Phi) is 7.74. The average molecular weight is 522 g/mol. The first-order valence-corrected chi connectivity index (χ1v) is 12.4. The van der Waals surface area contributed by atoms with Gasteiger partial charge < -0.3 is 24.3 Å². The number of aryl methyl sites for hydroxylation is 1. The van der Waals surface area contributed by atoms with Crippen LogP contribution in [0.25, 0.3) is 10.9 Å². The molecule has 5 aromatic rings. The molecule has 0 unspecified atom stereocenters. The van der Waals surface area contributed by atoms with Crippen molar-refractivity contribution < 1.29 is 18.9 Å². The molecule has 0 saturated carbocycles. The minimum absolute atomic E-state index is 0.409. The number of hydrogen-bond acceptors (Lipinski definition) is 8. The molecule has 2 aromatic heterocycles. The molecule has 9 heteroatoms. The van der Waals surface area contributed by atoms with Gasteiger partial charge in [0.15, 0.2) is 23.0 Å². The van der Waals surface area contributed by atoms with Gasteiger partial charge in [-0.2, -0.15) is 10.4 Å². The summed E-state index contributed by atoms with van der Waals surface area (Å²) in [6, 6.07) is 22.7. The number of rotatable bonds is 11. The minimum atomic E-state index is 0.409. The molecular weight excluding hydrogens is 494 g/mol. The fraction of sp³-hybridized carbons (Fsp3) is 0.167. The third-order valence-corrected chi connectivity index (χ3v) is 6.04. The molecule has 0 spiro atoms. The number of pyridine rings is 1. The molecule has 39 heavy (non-hydrogen) atoms. The highest BCUT2D eigenvalue weighted by Crippen LogP contribution is 2.38. The Labute approximate surface area is 226 Å². The van der Waals surface area contributed by atoms with Gasteiger partial charge in [-0.15, -0.1) is 0 Å². The molecule has 0 atom stereocenters. The zero-order valence-electron chi connectivity index (χ0n) is 21.6. The Morgan fingerprint density at radius 1 is 0.923 bits per heavy atom. The van der Waals surface area contributed by atoms with Crippen molar-refractivity contribution in [2.24, 2.45) is 0 Å². The van der Waals surface area contributed by atoms with E-state index in [-0.39, 0.29) is 0 Å². The Morgan fingerprint density at radius 3 is 2.44 bits per heavy atom. The van der Waals surface area contributed by atoms with Crippen molar-refractivity contribution in [3.05, 3.63) is 90.9 Å². The van der Waals surface area contributed by atoms with Crippen LogP contribution < -0.4 is 24.3 Å². The number of methoxy groups -OCH3 is 2. The second kappa shape index (κ2) is 11.9. The van der Waals surface area contributed by atoms with Gasteiger partial charge in [0.25, 0.3) is 0 Å². The van der Waals surface area contributed by atoms with Crippen LogP contribution in [0.4, 0.5) is 11.4 Å². The van der Waals surface area contributed by atoms with Gasteiger partial charge in [-0.3, -0.25) is 9.67 Å². The molecule has 0 aliphatic carbocycles. The smallest absolute Gasteiger partial charge is 0.169 e. The van der Waals surface area contributed by atoms with Crippen molar-refractivity contribution in [1.82, 2.24) is 14.8 Å².